The highest BCUT2D eigenvalue weighted by atomic mass is 16.5. The predicted octanol–water partition coefficient (Wildman–Crippen LogP) is 3.62. The van der Waals surface area contributed by atoms with Gasteiger partial charge in [-0.1, -0.05) is 5.92 Å². The Hall–Kier alpha value is -3.92. The first-order chi connectivity index (χ1) is 14.1. The van der Waals surface area contributed by atoms with E-state index in [1.165, 1.54) is 13.3 Å². The van der Waals surface area contributed by atoms with Crippen LogP contribution in [0.4, 0.5) is 0 Å². The molecule has 148 valence electrons. The van der Waals surface area contributed by atoms with E-state index in [1.54, 1.807) is 36.4 Å². The van der Waals surface area contributed by atoms with Crippen LogP contribution in [0.5, 0.6) is 17.2 Å². The predicted molar refractivity (Wildman–Crippen MR) is 110 cm³/mol. The van der Waals surface area contributed by atoms with Gasteiger partial charge in [0.2, 0.25) is 0 Å². The van der Waals surface area contributed by atoms with E-state index in [-0.39, 0.29) is 12.4 Å². The highest BCUT2D eigenvalue weighted by molar-refractivity contribution is 5.96. The molecule has 3 rings (SSSR count). The van der Waals surface area contributed by atoms with Crippen molar-refractivity contribution in [3.05, 3.63) is 53.8 Å². The van der Waals surface area contributed by atoms with Crippen LogP contribution in [0.15, 0.2) is 52.0 Å². The number of benzene rings is 2. The molecule has 1 aromatic heterocycles. The quantitative estimate of drug-likeness (QED) is 0.360. The van der Waals surface area contributed by atoms with Crippen molar-refractivity contribution < 1.29 is 23.4 Å². The number of hydrogen-bond donors (Lipinski definition) is 1. The summed E-state index contributed by atoms with van der Waals surface area (Å²) in [5.41, 5.74) is 3.74. The third kappa shape index (κ3) is 4.87. The molecule has 3 aromatic rings. The number of hydrogen-bond acceptors (Lipinski definition) is 6. The van der Waals surface area contributed by atoms with Crippen molar-refractivity contribution in [2.24, 2.45) is 5.10 Å². The first kappa shape index (κ1) is 19.8. The number of methoxy groups -OCH3 is 1. The molecule has 2 aromatic carbocycles. The van der Waals surface area contributed by atoms with Crippen LogP contribution < -0.4 is 19.6 Å². The average Bonchev–Trinajstić information content (AvgIpc) is 3.16. The number of nitrogens with zero attached hydrogens (tertiary/aromatic N) is 1. The molecule has 1 N–H and O–H groups in total. The minimum absolute atomic E-state index is 0.142. The third-order valence-corrected chi connectivity index (χ3v) is 3.90. The van der Waals surface area contributed by atoms with E-state index in [2.05, 4.69) is 16.4 Å². The lowest BCUT2D eigenvalue weighted by atomic mass is 10.2. The number of rotatable bonds is 8. The molecule has 0 aliphatic rings. The zero-order valence-corrected chi connectivity index (χ0v) is 16.1. The zero-order chi connectivity index (χ0) is 20.6. The monoisotopic (exact) mass is 392 g/mol. The molecule has 0 spiro atoms. The largest absolute Gasteiger partial charge is 0.494 e. The van der Waals surface area contributed by atoms with Gasteiger partial charge in [-0.25, -0.2) is 5.43 Å². The maximum atomic E-state index is 12.3. The highest BCUT2D eigenvalue weighted by Crippen LogP contribution is 2.27. The van der Waals surface area contributed by atoms with Gasteiger partial charge in [0.25, 0.3) is 0 Å². The second kappa shape index (κ2) is 9.33. The zero-order valence-electron chi connectivity index (χ0n) is 16.1. The molecular formula is C22H20N2O5. The van der Waals surface area contributed by atoms with E-state index in [0.29, 0.717) is 29.3 Å². The maximum absolute atomic E-state index is 12.3. The van der Waals surface area contributed by atoms with Crippen LogP contribution in [0.3, 0.4) is 0 Å². The second-order valence-corrected chi connectivity index (χ2v) is 5.85. The lowest BCUT2D eigenvalue weighted by Gasteiger charge is -2.08. The minimum atomic E-state index is -0.462. The van der Waals surface area contributed by atoms with Gasteiger partial charge in [0.1, 0.15) is 17.9 Å². The normalized spacial score (nSPS) is 10.7. The lowest BCUT2D eigenvalue weighted by molar-refractivity contribution is 0.0929. The first-order valence-corrected chi connectivity index (χ1v) is 8.88. The summed E-state index contributed by atoms with van der Waals surface area (Å²) < 4.78 is 21.7. The summed E-state index contributed by atoms with van der Waals surface area (Å²) in [7, 11) is 1.53. The van der Waals surface area contributed by atoms with Crippen LogP contribution in [-0.4, -0.2) is 32.4 Å². The number of terminal acetylenes is 1. The molecule has 29 heavy (non-hydrogen) atoms. The van der Waals surface area contributed by atoms with Crippen LogP contribution in [-0.2, 0) is 0 Å². The number of amides is 1. The molecule has 0 aliphatic carbocycles. The van der Waals surface area contributed by atoms with Gasteiger partial charge in [0, 0.05) is 5.39 Å². The lowest BCUT2D eigenvalue weighted by Crippen LogP contribution is -2.16. The molecule has 0 radical (unpaired) electrons. The summed E-state index contributed by atoms with van der Waals surface area (Å²) in [6.07, 6.45) is 6.68. The first-order valence-electron chi connectivity index (χ1n) is 8.88. The summed E-state index contributed by atoms with van der Waals surface area (Å²) in [5, 5.41) is 4.74. The second-order valence-electron chi connectivity index (χ2n) is 5.85. The van der Waals surface area contributed by atoms with Crippen LogP contribution in [0.1, 0.15) is 23.0 Å². The molecule has 0 saturated carbocycles. The molecule has 0 fully saturated rings. The standard InChI is InChI=1S/C22H20N2O5/c1-4-10-28-19-8-6-15(11-20(19)26-3)14-23-24-22(25)21-13-16-12-17(27-5-2)7-9-18(16)29-21/h1,6-9,11-14H,5,10H2,2-3H3,(H,24,25)/b23-14+. The van der Waals surface area contributed by atoms with Crippen molar-refractivity contribution >= 4 is 23.1 Å². The van der Waals surface area contributed by atoms with Gasteiger partial charge >= 0.3 is 5.91 Å². The van der Waals surface area contributed by atoms with Crippen LogP contribution >= 0.6 is 0 Å². The van der Waals surface area contributed by atoms with Gasteiger partial charge in [-0.15, -0.1) is 6.42 Å². The SMILES string of the molecule is C#CCOc1ccc(/C=N/NC(=O)c2cc3cc(OCC)ccc3o2)cc1OC. The third-order valence-electron chi connectivity index (χ3n) is 3.90. The van der Waals surface area contributed by atoms with Gasteiger partial charge < -0.3 is 18.6 Å². The number of fused-ring (bicyclic) bond motifs is 1. The fourth-order valence-corrected chi connectivity index (χ4v) is 2.61. The van der Waals surface area contributed by atoms with Crippen LogP contribution in [0.2, 0.25) is 0 Å². The fraction of sp³-hybridized carbons (Fsp3) is 0.182. The molecule has 0 atom stereocenters. The van der Waals surface area contributed by atoms with Gasteiger partial charge in [0.15, 0.2) is 17.3 Å². The van der Waals surface area contributed by atoms with Crippen molar-refractivity contribution in [1.82, 2.24) is 5.43 Å². The molecule has 1 heterocycles. The van der Waals surface area contributed by atoms with Crippen molar-refractivity contribution in [3.8, 4) is 29.6 Å². The number of furan rings is 1. The Morgan fingerprint density at radius 2 is 2.07 bits per heavy atom. The molecule has 0 unspecified atom stereocenters. The molecule has 7 heteroatoms. The molecule has 0 bridgehead atoms. The molecule has 7 nitrogen and oxygen atoms in total. The van der Waals surface area contributed by atoms with E-state index in [1.807, 2.05) is 13.0 Å². The van der Waals surface area contributed by atoms with Gasteiger partial charge in [0.05, 0.1) is 19.9 Å². The van der Waals surface area contributed by atoms with Crippen LogP contribution in [0.25, 0.3) is 11.0 Å². The Balaban J connectivity index is 1.67. The Morgan fingerprint density at radius 3 is 2.83 bits per heavy atom. The van der Waals surface area contributed by atoms with E-state index < -0.39 is 5.91 Å². The molecular weight excluding hydrogens is 372 g/mol. The topological polar surface area (TPSA) is 82.3 Å². The smallest absolute Gasteiger partial charge is 0.307 e. The maximum Gasteiger partial charge on any atom is 0.307 e. The van der Waals surface area contributed by atoms with Crippen molar-refractivity contribution in [1.29, 1.82) is 0 Å². The molecule has 0 aliphatic heterocycles. The Labute approximate surface area is 168 Å². The van der Waals surface area contributed by atoms with Crippen molar-refractivity contribution in [2.45, 2.75) is 6.92 Å². The van der Waals surface area contributed by atoms with E-state index in [0.717, 1.165) is 11.1 Å². The summed E-state index contributed by atoms with van der Waals surface area (Å²) in [6.45, 7) is 2.61. The Bertz CT molecular complexity index is 1080. The van der Waals surface area contributed by atoms with E-state index in [4.69, 9.17) is 25.1 Å². The van der Waals surface area contributed by atoms with Gasteiger partial charge in [-0.2, -0.15) is 5.10 Å². The summed E-state index contributed by atoms with van der Waals surface area (Å²) in [5.74, 6) is 3.85. The highest BCUT2D eigenvalue weighted by Gasteiger charge is 2.12. The van der Waals surface area contributed by atoms with Crippen molar-refractivity contribution in [2.75, 3.05) is 20.3 Å². The summed E-state index contributed by atoms with van der Waals surface area (Å²) >= 11 is 0. The Morgan fingerprint density at radius 1 is 1.21 bits per heavy atom. The fourth-order valence-electron chi connectivity index (χ4n) is 2.61. The van der Waals surface area contributed by atoms with E-state index in [9.17, 15) is 4.79 Å². The van der Waals surface area contributed by atoms with Gasteiger partial charge in [-0.05, 0) is 55.0 Å². The van der Waals surface area contributed by atoms with Crippen LogP contribution in [0, 0.1) is 12.3 Å². The minimum Gasteiger partial charge on any atom is -0.494 e. The van der Waals surface area contributed by atoms with Gasteiger partial charge in [-0.3, -0.25) is 4.79 Å². The average molecular weight is 392 g/mol. The van der Waals surface area contributed by atoms with Crippen molar-refractivity contribution in [3.63, 3.8) is 0 Å². The molecule has 1 amide bonds. The Kier molecular flexibility index (Phi) is 6.38. The number of carbonyl (C=O) groups excluding carboxylic acids is 1. The molecule has 0 saturated heterocycles. The number of hydrazone groups is 1. The summed E-state index contributed by atoms with van der Waals surface area (Å²) in [4.78, 5) is 12.3. The van der Waals surface area contributed by atoms with E-state index >= 15 is 0 Å². The number of carbonyl (C=O) groups is 1. The number of ether oxygens (including phenoxy) is 3. The number of nitrogens with one attached hydrogen (secondary N) is 1. The summed E-state index contributed by atoms with van der Waals surface area (Å²) in [6, 6.07) is 12.2.